The first-order chi connectivity index (χ1) is 10.3. The van der Waals surface area contributed by atoms with Crippen LogP contribution in [0, 0.1) is 0 Å². The summed E-state index contributed by atoms with van der Waals surface area (Å²) in [6, 6.07) is 0. The van der Waals surface area contributed by atoms with Crippen LogP contribution in [-0.4, -0.2) is 11.1 Å². The summed E-state index contributed by atoms with van der Waals surface area (Å²) >= 11 is 0. The van der Waals surface area contributed by atoms with E-state index in [2.05, 4.69) is 31.2 Å². The molecule has 2 heteroatoms. The van der Waals surface area contributed by atoms with E-state index in [1.807, 2.05) is 0 Å². The highest BCUT2D eigenvalue weighted by molar-refractivity contribution is 5.66. The predicted octanol–water partition coefficient (Wildman–Crippen LogP) is 6.27. The van der Waals surface area contributed by atoms with Crippen LogP contribution in [0.5, 0.6) is 0 Å². The summed E-state index contributed by atoms with van der Waals surface area (Å²) in [6.45, 7) is 2.24. The summed E-state index contributed by atoms with van der Waals surface area (Å²) in [5.74, 6) is -0.668. The molecule has 122 valence electrons. The van der Waals surface area contributed by atoms with Gasteiger partial charge in [-0.2, -0.15) is 0 Å². The molecule has 1 N–H and O–H groups in total. The highest BCUT2D eigenvalue weighted by Gasteiger charge is 1.95. The molecule has 2 nitrogen and oxygen atoms in total. The van der Waals surface area contributed by atoms with Crippen LogP contribution >= 0.6 is 0 Å². The number of unbranched alkanes of at least 4 members (excludes halogenated alkanes) is 10. The summed E-state index contributed by atoms with van der Waals surface area (Å²) in [4.78, 5) is 10.3. The lowest BCUT2D eigenvalue weighted by atomic mass is 10.1. The maximum atomic E-state index is 10.3. The summed E-state index contributed by atoms with van der Waals surface area (Å²) in [5, 5.41) is 8.52. The predicted molar refractivity (Wildman–Crippen MR) is 91.6 cm³/mol. The van der Waals surface area contributed by atoms with Gasteiger partial charge in [0.25, 0.3) is 0 Å². The summed E-state index contributed by atoms with van der Waals surface area (Å²) in [6.07, 6.45) is 23.7. The Morgan fingerprint density at radius 2 is 1.24 bits per heavy atom. The van der Waals surface area contributed by atoms with Gasteiger partial charge in [-0.3, -0.25) is 4.79 Å². The van der Waals surface area contributed by atoms with E-state index in [9.17, 15) is 4.79 Å². The average Bonchev–Trinajstić information content (AvgIpc) is 2.46. The van der Waals surface area contributed by atoms with Crippen LogP contribution in [0.4, 0.5) is 0 Å². The largest absolute Gasteiger partial charge is 0.481 e. The van der Waals surface area contributed by atoms with Crippen molar-refractivity contribution >= 4 is 5.97 Å². The number of hydrogen-bond donors (Lipinski definition) is 1. The van der Waals surface area contributed by atoms with Crippen LogP contribution < -0.4 is 0 Å². The van der Waals surface area contributed by atoms with Crippen LogP contribution in [0.25, 0.3) is 0 Å². The molecule has 0 fully saturated rings. The van der Waals surface area contributed by atoms with E-state index < -0.39 is 5.97 Å². The number of rotatable bonds is 15. The number of carbonyl (C=O) groups is 1. The lowest BCUT2D eigenvalue weighted by Gasteiger charge is -1.99. The standard InChI is InChI=1S/C19H34O2/c1-2-3-4-5-6-7-8-9-10-11-12-13-14-15-16-17-18-19(20)21/h7-10H,2-6,11-18H2,1H3,(H,20,21)/b8-7+,10-9+. The Bertz CT molecular complexity index is 279. The van der Waals surface area contributed by atoms with Gasteiger partial charge in [0.15, 0.2) is 0 Å². The van der Waals surface area contributed by atoms with Gasteiger partial charge in [0.1, 0.15) is 0 Å². The highest BCUT2D eigenvalue weighted by Crippen LogP contribution is 2.09. The average molecular weight is 294 g/mol. The molecule has 0 atom stereocenters. The number of carboxylic acids is 1. The van der Waals surface area contributed by atoms with Gasteiger partial charge in [-0.1, -0.05) is 76.2 Å². The zero-order chi connectivity index (χ0) is 15.6. The van der Waals surface area contributed by atoms with Crippen LogP contribution in [0.3, 0.4) is 0 Å². The molecule has 0 bridgehead atoms. The molecule has 0 rings (SSSR count). The Morgan fingerprint density at radius 3 is 1.76 bits per heavy atom. The van der Waals surface area contributed by atoms with E-state index in [0.717, 1.165) is 19.3 Å². The first-order valence-corrected chi connectivity index (χ1v) is 8.80. The SMILES string of the molecule is CCCCCC/C=C/C=C/CCCCCCCCC(=O)O. The lowest BCUT2D eigenvalue weighted by molar-refractivity contribution is -0.137. The van der Waals surface area contributed by atoms with Crippen molar-refractivity contribution in [2.75, 3.05) is 0 Å². The molecule has 0 aliphatic rings. The number of hydrogen-bond acceptors (Lipinski definition) is 1. The fourth-order valence-electron chi connectivity index (χ4n) is 2.28. The first-order valence-electron chi connectivity index (χ1n) is 8.80. The molecule has 0 aromatic carbocycles. The number of aliphatic carboxylic acids is 1. The first kappa shape index (κ1) is 19.9. The van der Waals surface area contributed by atoms with Crippen molar-refractivity contribution in [1.82, 2.24) is 0 Å². The Balaban J connectivity index is 3.18. The molecule has 0 unspecified atom stereocenters. The van der Waals surface area contributed by atoms with Gasteiger partial charge in [-0.25, -0.2) is 0 Å². The third-order valence-electron chi connectivity index (χ3n) is 3.62. The van der Waals surface area contributed by atoms with Crippen molar-refractivity contribution < 1.29 is 9.90 Å². The highest BCUT2D eigenvalue weighted by atomic mass is 16.4. The Labute approximate surface area is 131 Å². The van der Waals surface area contributed by atoms with E-state index in [1.54, 1.807) is 0 Å². The molecule has 0 saturated carbocycles. The molecule has 0 aromatic rings. The van der Waals surface area contributed by atoms with E-state index in [-0.39, 0.29) is 0 Å². The van der Waals surface area contributed by atoms with E-state index >= 15 is 0 Å². The Kier molecular flexibility index (Phi) is 16.2. The smallest absolute Gasteiger partial charge is 0.303 e. The van der Waals surface area contributed by atoms with Crippen molar-refractivity contribution in [3.05, 3.63) is 24.3 Å². The van der Waals surface area contributed by atoms with Gasteiger partial charge < -0.3 is 5.11 Å². The fourth-order valence-corrected chi connectivity index (χ4v) is 2.28. The van der Waals surface area contributed by atoms with Crippen LogP contribution in [-0.2, 0) is 4.79 Å². The second-order valence-corrected chi connectivity index (χ2v) is 5.76. The van der Waals surface area contributed by atoms with Gasteiger partial charge in [0.2, 0.25) is 0 Å². The number of carboxylic acid groups (broad SMARTS) is 1. The fraction of sp³-hybridized carbons (Fsp3) is 0.737. The second-order valence-electron chi connectivity index (χ2n) is 5.76. The van der Waals surface area contributed by atoms with Crippen molar-refractivity contribution in [2.24, 2.45) is 0 Å². The minimum atomic E-state index is -0.668. The molecular formula is C19H34O2. The van der Waals surface area contributed by atoms with Crippen molar-refractivity contribution in [1.29, 1.82) is 0 Å². The van der Waals surface area contributed by atoms with Gasteiger partial charge in [-0.05, 0) is 32.1 Å². The maximum Gasteiger partial charge on any atom is 0.303 e. The van der Waals surface area contributed by atoms with E-state index in [4.69, 9.17) is 5.11 Å². The molecule has 0 amide bonds. The molecule has 0 aliphatic heterocycles. The Hall–Kier alpha value is -1.05. The summed E-state index contributed by atoms with van der Waals surface area (Å²) < 4.78 is 0. The van der Waals surface area contributed by atoms with Crippen LogP contribution in [0.15, 0.2) is 24.3 Å². The quantitative estimate of drug-likeness (QED) is 0.285. The third kappa shape index (κ3) is 18.9. The van der Waals surface area contributed by atoms with Crippen LogP contribution in [0.2, 0.25) is 0 Å². The van der Waals surface area contributed by atoms with Crippen molar-refractivity contribution in [2.45, 2.75) is 90.4 Å². The summed E-state index contributed by atoms with van der Waals surface area (Å²) in [5.41, 5.74) is 0. The summed E-state index contributed by atoms with van der Waals surface area (Å²) in [7, 11) is 0. The molecule has 0 heterocycles. The third-order valence-corrected chi connectivity index (χ3v) is 3.62. The Morgan fingerprint density at radius 1 is 0.762 bits per heavy atom. The van der Waals surface area contributed by atoms with Crippen molar-refractivity contribution in [3.63, 3.8) is 0 Å². The van der Waals surface area contributed by atoms with Gasteiger partial charge in [0, 0.05) is 6.42 Å². The van der Waals surface area contributed by atoms with Gasteiger partial charge in [-0.15, -0.1) is 0 Å². The minimum absolute atomic E-state index is 0.327. The zero-order valence-electron chi connectivity index (χ0n) is 13.9. The normalized spacial score (nSPS) is 11.7. The zero-order valence-corrected chi connectivity index (χ0v) is 13.9. The molecule has 0 saturated heterocycles. The van der Waals surface area contributed by atoms with Gasteiger partial charge in [0.05, 0.1) is 0 Å². The second kappa shape index (κ2) is 17.0. The van der Waals surface area contributed by atoms with Crippen molar-refractivity contribution in [3.8, 4) is 0 Å². The lowest BCUT2D eigenvalue weighted by Crippen LogP contribution is -1.93. The maximum absolute atomic E-state index is 10.3. The molecule has 0 spiro atoms. The number of allylic oxidation sites excluding steroid dienone is 4. The van der Waals surface area contributed by atoms with E-state index in [1.165, 1.54) is 57.8 Å². The van der Waals surface area contributed by atoms with Gasteiger partial charge >= 0.3 is 5.97 Å². The topological polar surface area (TPSA) is 37.3 Å². The molecule has 21 heavy (non-hydrogen) atoms. The minimum Gasteiger partial charge on any atom is -0.481 e. The van der Waals surface area contributed by atoms with E-state index in [0.29, 0.717) is 6.42 Å². The molecule has 0 aliphatic carbocycles. The monoisotopic (exact) mass is 294 g/mol. The molecule has 0 radical (unpaired) electrons. The molecular weight excluding hydrogens is 260 g/mol. The van der Waals surface area contributed by atoms with Crippen LogP contribution in [0.1, 0.15) is 90.4 Å². The molecule has 0 aromatic heterocycles.